The van der Waals surface area contributed by atoms with Crippen LogP contribution in [-0.2, 0) is 22.4 Å². The molecule has 1 N–H and O–H groups in total. The minimum Gasteiger partial charge on any atom is -0.466 e. The molecule has 0 fully saturated rings. The molecule has 106 valence electrons. The molecule has 0 amide bonds. The lowest BCUT2D eigenvalue weighted by atomic mass is 9.99. The van der Waals surface area contributed by atoms with Gasteiger partial charge in [0.25, 0.3) is 0 Å². The Bertz CT molecular complexity index is 404. The van der Waals surface area contributed by atoms with E-state index in [4.69, 9.17) is 4.74 Å². The number of ether oxygens (including phenoxy) is 1. The van der Waals surface area contributed by atoms with Crippen molar-refractivity contribution < 1.29 is 9.53 Å². The standard InChI is InChI=1S/C15H23NO2S/c1-3-18-15(17)8-9-16-11(2)14-10-12-6-4-5-7-13(12)19-14/h10-11,16H,3-9H2,1-2H3. The summed E-state index contributed by atoms with van der Waals surface area (Å²) in [5, 5.41) is 3.41. The normalized spacial score (nSPS) is 15.9. The minimum atomic E-state index is -0.118. The molecule has 1 heterocycles. The highest BCUT2D eigenvalue weighted by Crippen LogP contribution is 2.32. The molecule has 1 aliphatic rings. The summed E-state index contributed by atoms with van der Waals surface area (Å²) in [5.41, 5.74) is 1.55. The molecular weight excluding hydrogens is 258 g/mol. The zero-order chi connectivity index (χ0) is 13.7. The van der Waals surface area contributed by atoms with E-state index in [1.165, 1.54) is 30.6 Å². The van der Waals surface area contributed by atoms with Gasteiger partial charge < -0.3 is 10.1 Å². The zero-order valence-corrected chi connectivity index (χ0v) is 12.6. The van der Waals surface area contributed by atoms with Gasteiger partial charge >= 0.3 is 5.97 Å². The van der Waals surface area contributed by atoms with Crippen molar-refractivity contribution in [2.45, 2.75) is 52.0 Å². The second-order valence-corrected chi connectivity index (χ2v) is 6.20. The number of nitrogens with one attached hydrogen (secondary N) is 1. The zero-order valence-electron chi connectivity index (χ0n) is 11.8. The summed E-state index contributed by atoms with van der Waals surface area (Å²) >= 11 is 1.93. The van der Waals surface area contributed by atoms with Crippen molar-refractivity contribution in [3.05, 3.63) is 21.4 Å². The van der Waals surface area contributed by atoms with Crippen molar-refractivity contribution in [1.82, 2.24) is 5.32 Å². The summed E-state index contributed by atoms with van der Waals surface area (Å²) in [4.78, 5) is 14.2. The van der Waals surface area contributed by atoms with Gasteiger partial charge in [-0.15, -0.1) is 11.3 Å². The van der Waals surface area contributed by atoms with Crippen LogP contribution in [0.3, 0.4) is 0 Å². The second kappa shape index (κ2) is 7.06. The predicted molar refractivity (Wildman–Crippen MR) is 78.6 cm³/mol. The Hall–Kier alpha value is -0.870. The number of esters is 1. The number of hydrogen-bond acceptors (Lipinski definition) is 4. The minimum absolute atomic E-state index is 0.118. The Morgan fingerprint density at radius 2 is 2.26 bits per heavy atom. The van der Waals surface area contributed by atoms with E-state index in [0.717, 1.165) is 0 Å². The van der Waals surface area contributed by atoms with Gasteiger partial charge in [0.1, 0.15) is 0 Å². The number of rotatable bonds is 6. The fraction of sp³-hybridized carbons (Fsp3) is 0.667. The Balaban J connectivity index is 1.81. The van der Waals surface area contributed by atoms with E-state index in [-0.39, 0.29) is 5.97 Å². The summed E-state index contributed by atoms with van der Waals surface area (Å²) in [6, 6.07) is 2.67. The molecule has 0 aliphatic heterocycles. The quantitative estimate of drug-likeness (QED) is 0.814. The Kier molecular flexibility index (Phi) is 5.40. The second-order valence-electron chi connectivity index (χ2n) is 5.04. The highest BCUT2D eigenvalue weighted by molar-refractivity contribution is 7.12. The van der Waals surface area contributed by atoms with Crippen LogP contribution in [0.15, 0.2) is 6.07 Å². The molecule has 1 atom stereocenters. The van der Waals surface area contributed by atoms with Crippen molar-refractivity contribution in [1.29, 1.82) is 0 Å². The Morgan fingerprint density at radius 3 is 3.00 bits per heavy atom. The van der Waals surface area contributed by atoms with Crippen LogP contribution < -0.4 is 5.32 Å². The van der Waals surface area contributed by atoms with Gasteiger partial charge in [0.15, 0.2) is 0 Å². The smallest absolute Gasteiger partial charge is 0.307 e. The van der Waals surface area contributed by atoms with Crippen LogP contribution >= 0.6 is 11.3 Å². The van der Waals surface area contributed by atoms with E-state index < -0.39 is 0 Å². The first kappa shape index (κ1) is 14.5. The first-order valence-corrected chi connectivity index (χ1v) is 8.03. The number of carbonyl (C=O) groups is 1. The summed E-state index contributed by atoms with van der Waals surface area (Å²) in [6.45, 7) is 5.15. The lowest BCUT2D eigenvalue weighted by Crippen LogP contribution is -2.22. The van der Waals surface area contributed by atoms with Gasteiger partial charge in [0.2, 0.25) is 0 Å². The number of carbonyl (C=O) groups excluding carboxylic acids is 1. The van der Waals surface area contributed by atoms with E-state index in [2.05, 4.69) is 18.3 Å². The van der Waals surface area contributed by atoms with Gasteiger partial charge in [-0.25, -0.2) is 0 Å². The third-order valence-electron chi connectivity index (χ3n) is 3.53. The average molecular weight is 281 g/mol. The Labute approximate surface area is 119 Å². The number of aryl methyl sites for hydroxylation is 2. The maximum atomic E-state index is 11.3. The van der Waals surface area contributed by atoms with Crippen molar-refractivity contribution in [3.63, 3.8) is 0 Å². The fourth-order valence-corrected chi connectivity index (χ4v) is 3.74. The van der Waals surface area contributed by atoms with Crippen molar-refractivity contribution in [3.8, 4) is 0 Å². The van der Waals surface area contributed by atoms with E-state index in [1.54, 1.807) is 10.4 Å². The molecule has 1 aromatic rings. The molecular formula is C15H23NO2S. The van der Waals surface area contributed by atoms with Crippen LogP contribution in [0.2, 0.25) is 0 Å². The highest BCUT2D eigenvalue weighted by Gasteiger charge is 2.16. The molecule has 0 bridgehead atoms. The molecule has 0 saturated heterocycles. The number of hydrogen-bond donors (Lipinski definition) is 1. The molecule has 0 saturated carbocycles. The van der Waals surface area contributed by atoms with Crippen LogP contribution in [0.4, 0.5) is 0 Å². The molecule has 19 heavy (non-hydrogen) atoms. The summed E-state index contributed by atoms with van der Waals surface area (Å²) < 4.78 is 4.92. The molecule has 3 nitrogen and oxygen atoms in total. The molecule has 1 unspecified atom stereocenters. The lowest BCUT2D eigenvalue weighted by Gasteiger charge is -2.11. The summed E-state index contributed by atoms with van der Waals surface area (Å²) in [5.74, 6) is -0.118. The monoisotopic (exact) mass is 281 g/mol. The first-order chi connectivity index (χ1) is 9.20. The molecule has 1 aromatic heterocycles. The van der Waals surface area contributed by atoms with Crippen LogP contribution in [0.5, 0.6) is 0 Å². The molecule has 0 aromatic carbocycles. The predicted octanol–water partition coefficient (Wildman–Crippen LogP) is 3.23. The van der Waals surface area contributed by atoms with Crippen LogP contribution in [0.25, 0.3) is 0 Å². The largest absolute Gasteiger partial charge is 0.466 e. The van der Waals surface area contributed by atoms with E-state index in [9.17, 15) is 4.79 Å². The maximum absolute atomic E-state index is 11.3. The molecule has 0 spiro atoms. The van der Waals surface area contributed by atoms with E-state index >= 15 is 0 Å². The first-order valence-electron chi connectivity index (χ1n) is 7.21. The van der Waals surface area contributed by atoms with Crippen LogP contribution in [0.1, 0.15) is 54.5 Å². The SMILES string of the molecule is CCOC(=O)CCNC(C)c1cc2c(s1)CCCC2. The molecule has 1 aliphatic carbocycles. The van der Waals surface area contributed by atoms with Crippen molar-refractivity contribution >= 4 is 17.3 Å². The molecule has 4 heteroatoms. The van der Waals surface area contributed by atoms with Crippen LogP contribution in [0, 0.1) is 0 Å². The average Bonchev–Trinajstić information content (AvgIpc) is 2.82. The fourth-order valence-electron chi connectivity index (χ4n) is 2.45. The number of thiophene rings is 1. The van der Waals surface area contributed by atoms with E-state index in [1.807, 2.05) is 18.3 Å². The maximum Gasteiger partial charge on any atom is 0.307 e. The van der Waals surface area contributed by atoms with Gasteiger partial charge in [0, 0.05) is 22.3 Å². The van der Waals surface area contributed by atoms with Crippen molar-refractivity contribution in [2.24, 2.45) is 0 Å². The third kappa shape index (κ3) is 4.05. The van der Waals surface area contributed by atoms with Crippen LogP contribution in [-0.4, -0.2) is 19.1 Å². The van der Waals surface area contributed by atoms with Gasteiger partial charge in [0.05, 0.1) is 13.0 Å². The summed E-state index contributed by atoms with van der Waals surface area (Å²) in [6.07, 6.45) is 5.59. The summed E-state index contributed by atoms with van der Waals surface area (Å²) in [7, 11) is 0. The highest BCUT2D eigenvalue weighted by atomic mass is 32.1. The van der Waals surface area contributed by atoms with Gasteiger partial charge in [-0.2, -0.15) is 0 Å². The molecule has 0 radical (unpaired) electrons. The lowest BCUT2D eigenvalue weighted by molar-refractivity contribution is -0.142. The Morgan fingerprint density at radius 1 is 1.47 bits per heavy atom. The van der Waals surface area contributed by atoms with Gasteiger partial charge in [-0.05, 0) is 51.2 Å². The van der Waals surface area contributed by atoms with Crippen molar-refractivity contribution in [2.75, 3.05) is 13.2 Å². The van der Waals surface area contributed by atoms with Gasteiger partial charge in [-0.3, -0.25) is 4.79 Å². The third-order valence-corrected chi connectivity index (χ3v) is 4.95. The van der Waals surface area contributed by atoms with E-state index in [0.29, 0.717) is 25.6 Å². The van der Waals surface area contributed by atoms with Gasteiger partial charge in [-0.1, -0.05) is 0 Å². The molecule has 2 rings (SSSR count). The number of fused-ring (bicyclic) bond motifs is 1. The topological polar surface area (TPSA) is 38.3 Å².